The van der Waals surface area contributed by atoms with Gasteiger partial charge in [-0.2, -0.15) is 0 Å². The summed E-state index contributed by atoms with van der Waals surface area (Å²) < 4.78 is 23.9. The molecule has 2 rings (SSSR count). The Kier molecular flexibility index (Phi) is 4.46. The molecule has 0 atom stereocenters. The molecule has 0 aliphatic heterocycles. The summed E-state index contributed by atoms with van der Waals surface area (Å²) in [5, 5.41) is 9.66. The van der Waals surface area contributed by atoms with Crippen molar-refractivity contribution in [1.29, 1.82) is 0 Å². The van der Waals surface area contributed by atoms with Crippen LogP contribution >= 0.6 is 11.6 Å². The van der Waals surface area contributed by atoms with Crippen LogP contribution in [0, 0.1) is 0 Å². The summed E-state index contributed by atoms with van der Waals surface area (Å²) in [6.07, 6.45) is 0. The number of halogens is 1. The van der Waals surface area contributed by atoms with E-state index < -0.39 is 15.9 Å². The van der Waals surface area contributed by atoms with Crippen molar-refractivity contribution < 1.29 is 18.3 Å². The number of phenolic OH excluding ortho intramolecular Hbond substituents is 1. The molecule has 21 heavy (non-hydrogen) atoms. The van der Waals surface area contributed by atoms with Gasteiger partial charge in [-0.25, -0.2) is 8.42 Å². The topological polar surface area (TPSA) is 95.5 Å². The van der Waals surface area contributed by atoms with E-state index in [0.29, 0.717) is 5.02 Å². The first-order chi connectivity index (χ1) is 9.88. The number of phenols is 1. The van der Waals surface area contributed by atoms with Gasteiger partial charge in [-0.15, -0.1) is 4.83 Å². The molecule has 0 fully saturated rings. The van der Waals surface area contributed by atoms with Gasteiger partial charge in [-0.1, -0.05) is 17.7 Å². The number of sulfonamides is 1. The zero-order chi connectivity index (χ0) is 15.5. The van der Waals surface area contributed by atoms with Crippen molar-refractivity contribution in [3.63, 3.8) is 0 Å². The van der Waals surface area contributed by atoms with E-state index in [1.54, 1.807) is 0 Å². The van der Waals surface area contributed by atoms with Gasteiger partial charge >= 0.3 is 0 Å². The zero-order valence-electron chi connectivity index (χ0n) is 10.6. The van der Waals surface area contributed by atoms with Gasteiger partial charge in [-0.05, 0) is 42.5 Å². The summed E-state index contributed by atoms with van der Waals surface area (Å²) in [7, 11) is -3.89. The Labute approximate surface area is 126 Å². The number of carbonyl (C=O) groups is 1. The average Bonchev–Trinajstić information content (AvgIpc) is 2.45. The molecule has 0 radical (unpaired) electrons. The summed E-state index contributed by atoms with van der Waals surface area (Å²) in [6, 6.07) is 11.0. The largest absolute Gasteiger partial charge is 0.508 e. The lowest BCUT2D eigenvalue weighted by Gasteiger charge is -2.08. The molecule has 0 saturated carbocycles. The van der Waals surface area contributed by atoms with Crippen molar-refractivity contribution >= 4 is 27.5 Å². The van der Waals surface area contributed by atoms with Gasteiger partial charge in [0.05, 0.1) is 4.90 Å². The van der Waals surface area contributed by atoms with Crippen molar-refractivity contribution in [2.24, 2.45) is 0 Å². The molecule has 3 N–H and O–H groups in total. The first-order valence-corrected chi connectivity index (χ1v) is 7.61. The maximum Gasteiger partial charge on any atom is 0.266 e. The Bertz CT molecular complexity index is 760. The molecule has 110 valence electrons. The summed E-state index contributed by atoms with van der Waals surface area (Å²) >= 11 is 5.68. The second-order valence-electron chi connectivity index (χ2n) is 4.06. The summed E-state index contributed by atoms with van der Waals surface area (Å²) in [5.74, 6) is -0.786. The number of carbonyl (C=O) groups excluding carboxylic acids is 1. The lowest BCUT2D eigenvalue weighted by atomic mass is 10.2. The Hall–Kier alpha value is -2.09. The molecule has 0 aliphatic rings. The highest BCUT2D eigenvalue weighted by atomic mass is 35.5. The Balaban J connectivity index is 2.08. The highest BCUT2D eigenvalue weighted by Crippen LogP contribution is 2.14. The molecule has 0 aromatic heterocycles. The summed E-state index contributed by atoms with van der Waals surface area (Å²) in [5.41, 5.74) is 2.18. The Morgan fingerprint density at radius 2 is 1.76 bits per heavy atom. The van der Waals surface area contributed by atoms with Crippen molar-refractivity contribution in [1.82, 2.24) is 10.3 Å². The number of hydrogen-bond acceptors (Lipinski definition) is 4. The maximum atomic E-state index is 11.9. The van der Waals surface area contributed by atoms with Crippen LogP contribution in [-0.4, -0.2) is 19.4 Å². The zero-order valence-corrected chi connectivity index (χ0v) is 12.1. The van der Waals surface area contributed by atoms with Crippen LogP contribution in [0.1, 0.15) is 10.4 Å². The minimum absolute atomic E-state index is 0.0388. The van der Waals surface area contributed by atoms with E-state index >= 15 is 0 Å². The van der Waals surface area contributed by atoms with Gasteiger partial charge < -0.3 is 5.11 Å². The van der Waals surface area contributed by atoms with Crippen LogP contribution < -0.4 is 10.3 Å². The van der Waals surface area contributed by atoms with E-state index in [4.69, 9.17) is 11.6 Å². The molecule has 8 heteroatoms. The first-order valence-electron chi connectivity index (χ1n) is 5.75. The van der Waals surface area contributed by atoms with Crippen LogP contribution in [0.3, 0.4) is 0 Å². The first kappa shape index (κ1) is 15.3. The standard InChI is InChI=1S/C13H11ClN2O4S/c14-10-4-6-12(7-5-10)21(19,20)16-15-13(18)9-2-1-3-11(17)8-9/h1-8,16-17H,(H,15,18). The number of rotatable bonds is 4. The minimum atomic E-state index is -3.89. The van der Waals surface area contributed by atoms with Crippen LogP contribution in [0.25, 0.3) is 0 Å². The Morgan fingerprint density at radius 1 is 1.10 bits per heavy atom. The van der Waals surface area contributed by atoms with Crippen molar-refractivity contribution in [2.45, 2.75) is 4.90 Å². The molecule has 1 amide bonds. The van der Waals surface area contributed by atoms with E-state index in [1.807, 2.05) is 4.83 Å². The van der Waals surface area contributed by atoms with Crippen molar-refractivity contribution in [3.05, 3.63) is 59.1 Å². The van der Waals surface area contributed by atoms with E-state index in [1.165, 1.54) is 48.5 Å². The van der Waals surface area contributed by atoms with Gasteiger partial charge in [-0.3, -0.25) is 10.2 Å². The molecule has 0 bridgehead atoms. The molecule has 0 spiro atoms. The smallest absolute Gasteiger partial charge is 0.266 e. The summed E-state index contributed by atoms with van der Waals surface area (Å²) in [6.45, 7) is 0. The number of nitrogens with one attached hydrogen (secondary N) is 2. The van der Waals surface area contributed by atoms with Gasteiger partial charge in [0.1, 0.15) is 5.75 Å². The lowest BCUT2D eigenvalue weighted by Crippen LogP contribution is -2.41. The third kappa shape index (κ3) is 3.94. The van der Waals surface area contributed by atoms with E-state index in [0.717, 1.165) is 0 Å². The fourth-order valence-corrected chi connectivity index (χ4v) is 2.47. The third-order valence-electron chi connectivity index (χ3n) is 2.53. The maximum absolute atomic E-state index is 11.9. The predicted molar refractivity (Wildman–Crippen MR) is 77.3 cm³/mol. The highest BCUT2D eigenvalue weighted by molar-refractivity contribution is 7.89. The molecule has 0 saturated heterocycles. The molecule has 0 heterocycles. The van der Waals surface area contributed by atoms with Gasteiger partial charge in [0.25, 0.3) is 15.9 Å². The second-order valence-corrected chi connectivity index (χ2v) is 6.18. The molecule has 0 aliphatic carbocycles. The fourth-order valence-electron chi connectivity index (χ4n) is 1.51. The SMILES string of the molecule is O=C(NNS(=O)(=O)c1ccc(Cl)cc1)c1cccc(O)c1. The lowest BCUT2D eigenvalue weighted by molar-refractivity contribution is 0.0944. The van der Waals surface area contributed by atoms with Crippen molar-refractivity contribution in [2.75, 3.05) is 0 Å². The fraction of sp³-hybridized carbons (Fsp3) is 0. The molecule has 2 aromatic carbocycles. The average molecular weight is 327 g/mol. The molecule has 2 aromatic rings. The van der Waals surface area contributed by atoms with Crippen molar-refractivity contribution in [3.8, 4) is 5.75 Å². The van der Waals surface area contributed by atoms with E-state index in [2.05, 4.69) is 5.43 Å². The van der Waals surface area contributed by atoms with Crippen LogP contribution in [0.15, 0.2) is 53.4 Å². The minimum Gasteiger partial charge on any atom is -0.508 e. The van der Waals surface area contributed by atoms with E-state index in [9.17, 15) is 18.3 Å². The number of hydrogen-bond donors (Lipinski definition) is 3. The monoisotopic (exact) mass is 326 g/mol. The number of amides is 1. The van der Waals surface area contributed by atoms with Gasteiger partial charge in [0, 0.05) is 10.6 Å². The number of hydrazine groups is 1. The number of benzene rings is 2. The second kappa shape index (κ2) is 6.13. The highest BCUT2D eigenvalue weighted by Gasteiger charge is 2.15. The quantitative estimate of drug-likeness (QED) is 0.745. The van der Waals surface area contributed by atoms with Crippen LogP contribution in [-0.2, 0) is 10.0 Å². The molecule has 0 unspecified atom stereocenters. The molecular formula is C13H11ClN2O4S. The van der Waals surface area contributed by atoms with Crippen LogP contribution in [0.2, 0.25) is 5.02 Å². The predicted octanol–water partition coefficient (Wildman–Crippen LogP) is 1.67. The normalized spacial score (nSPS) is 11.1. The Morgan fingerprint density at radius 3 is 2.38 bits per heavy atom. The van der Waals surface area contributed by atoms with Crippen LogP contribution in [0.5, 0.6) is 5.75 Å². The molecular weight excluding hydrogens is 316 g/mol. The molecule has 6 nitrogen and oxygen atoms in total. The van der Waals surface area contributed by atoms with Crippen LogP contribution in [0.4, 0.5) is 0 Å². The van der Waals surface area contributed by atoms with Gasteiger partial charge in [0.15, 0.2) is 0 Å². The van der Waals surface area contributed by atoms with Gasteiger partial charge in [0.2, 0.25) is 0 Å². The third-order valence-corrected chi connectivity index (χ3v) is 4.05. The number of aromatic hydroxyl groups is 1. The van der Waals surface area contributed by atoms with E-state index in [-0.39, 0.29) is 16.2 Å². The summed E-state index contributed by atoms with van der Waals surface area (Å²) in [4.78, 5) is 13.7.